The van der Waals surface area contributed by atoms with Crippen LogP contribution in [0, 0.1) is 0 Å². The van der Waals surface area contributed by atoms with Gasteiger partial charge < -0.3 is 10.2 Å². The number of nitrogens with zero attached hydrogens (tertiary/aromatic N) is 2. The van der Waals surface area contributed by atoms with Crippen LogP contribution in [0.5, 0.6) is 0 Å². The molecule has 20 heavy (non-hydrogen) atoms. The Balaban J connectivity index is 1.89. The van der Waals surface area contributed by atoms with E-state index in [1.807, 2.05) is 19.1 Å². The maximum absolute atomic E-state index is 12.0. The third-order valence-corrected chi connectivity index (χ3v) is 4.01. The highest BCUT2D eigenvalue weighted by molar-refractivity contribution is 8.00. The van der Waals surface area contributed by atoms with Gasteiger partial charge in [-0.25, -0.2) is 4.98 Å². The topological polar surface area (TPSA) is 62.3 Å². The molecule has 0 atom stereocenters. The molecule has 0 saturated carbocycles. The van der Waals surface area contributed by atoms with Crippen LogP contribution in [0.15, 0.2) is 23.4 Å². The molecule has 1 aliphatic heterocycles. The fourth-order valence-corrected chi connectivity index (χ4v) is 2.91. The summed E-state index contributed by atoms with van der Waals surface area (Å²) in [5.41, 5.74) is 0.864. The number of hydrogen-bond donors (Lipinski definition) is 1. The lowest BCUT2D eigenvalue weighted by molar-refractivity contribution is -0.121. The van der Waals surface area contributed by atoms with Gasteiger partial charge >= 0.3 is 0 Å². The molecule has 1 aromatic heterocycles. The first-order chi connectivity index (χ1) is 9.72. The molecule has 1 aromatic rings. The van der Waals surface area contributed by atoms with E-state index in [0.29, 0.717) is 31.7 Å². The lowest BCUT2D eigenvalue weighted by Crippen LogP contribution is -2.37. The van der Waals surface area contributed by atoms with Crippen LogP contribution in [0.1, 0.15) is 26.2 Å². The summed E-state index contributed by atoms with van der Waals surface area (Å²) in [6.07, 6.45) is 3.79. The number of carbonyl (C=O) groups excluding carboxylic acids is 2. The summed E-state index contributed by atoms with van der Waals surface area (Å²) in [6.45, 7) is 3.30. The molecule has 2 rings (SSSR count). The molecule has 0 aliphatic carbocycles. The molecule has 1 N–H and O–H groups in total. The zero-order chi connectivity index (χ0) is 14.4. The van der Waals surface area contributed by atoms with Crippen molar-refractivity contribution in [1.82, 2.24) is 10.3 Å². The molecule has 108 valence electrons. The number of aromatic nitrogens is 1. The van der Waals surface area contributed by atoms with Crippen LogP contribution in [-0.4, -0.2) is 35.6 Å². The third kappa shape index (κ3) is 3.72. The monoisotopic (exact) mass is 293 g/mol. The number of carbonyl (C=O) groups is 2. The minimum atomic E-state index is 0.0529. The van der Waals surface area contributed by atoms with E-state index in [1.165, 1.54) is 11.8 Å². The van der Waals surface area contributed by atoms with Crippen LogP contribution >= 0.6 is 11.8 Å². The lowest BCUT2D eigenvalue weighted by atomic mass is 10.2. The van der Waals surface area contributed by atoms with Gasteiger partial charge in [-0.15, -0.1) is 0 Å². The maximum Gasteiger partial charge on any atom is 0.237 e. The van der Waals surface area contributed by atoms with Crippen LogP contribution in [-0.2, 0) is 9.59 Å². The average Bonchev–Trinajstić information content (AvgIpc) is 2.47. The van der Waals surface area contributed by atoms with Gasteiger partial charge in [0.15, 0.2) is 0 Å². The second kappa shape index (κ2) is 7.28. The van der Waals surface area contributed by atoms with E-state index in [0.717, 1.165) is 17.1 Å². The van der Waals surface area contributed by atoms with Crippen molar-refractivity contribution in [3.63, 3.8) is 0 Å². The summed E-state index contributed by atoms with van der Waals surface area (Å²) < 4.78 is 0. The number of rotatable bonds is 6. The first-order valence-corrected chi connectivity index (χ1v) is 7.86. The van der Waals surface area contributed by atoms with Gasteiger partial charge in [0.2, 0.25) is 11.8 Å². The molecule has 0 fully saturated rings. The van der Waals surface area contributed by atoms with E-state index in [9.17, 15) is 9.59 Å². The second-order valence-electron chi connectivity index (χ2n) is 4.62. The Bertz CT molecular complexity index is 493. The highest BCUT2D eigenvalue weighted by Gasteiger charge is 2.24. The van der Waals surface area contributed by atoms with Crippen LogP contribution in [0.25, 0.3) is 0 Å². The number of hydrogen-bond acceptors (Lipinski definition) is 4. The van der Waals surface area contributed by atoms with Crippen molar-refractivity contribution >= 4 is 29.3 Å². The zero-order valence-electron chi connectivity index (χ0n) is 11.6. The molecule has 5 nitrogen and oxygen atoms in total. The maximum atomic E-state index is 12.0. The molecule has 2 amide bonds. The van der Waals surface area contributed by atoms with Crippen LogP contribution < -0.4 is 10.2 Å². The Morgan fingerprint density at radius 1 is 1.55 bits per heavy atom. The number of fused-ring (bicyclic) bond motifs is 1. The molecule has 0 bridgehead atoms. The molecule has 0 spiro atoms. The number of nitrogens with one attached hydrogen (secondary N) is 1. The fourth-order valence-electron chi connectivity index (χ4n) is 2.04. The first-order valence-electron chi connectivity index (χ1n) is 6.87. The SMILES string of the molecule is CCCNC(=O)CCCN1C(=O)CSc2ncccc21. The number of thioether (sulfide) groups is 1. The second-order valence-corrected chi connectivity index (χ2v) is 5.58. The van der Waals surface area contributed by atoms with Crippen molar-refractivity contribution in [3.05, 3.63) is 18.3 Å². The Hall–Kier alpha value is -1.56. The molecule has 0 saturated heterocycles. The lowest BCUT2D eigenvalue weighted by Gasteiger charge is -2.27. The number of pyridine rings is 1. The Morgan fingerprint density at radius 2 is 2.40 bits per heavy atom. The quantitative estimate of drug-likeness (QED) is 0.869. The predicted molar refractivity (Wildman–Crippen MR) is 79.8 cm³/mol. The standard InChI is InChI=1S/C14H19N3O2S/c1-2-7-15-12(18)6-4-9-17-11-5-3-8-16-14(11)20-10-13(17)19/h3,5,8H,2,4,6-7,9-10H2,1H3,(H,15,18). The van der Waals surface area contributed by atoms with Gasteiger partial charge in [-0.2, -0.15) is 0 Å². The molecule has 0 radical (unpaired) electrons. The molecular weight excluding hydrogens is 274 g/mol. The van der Waals surface area contributed by atoms with Crippen molar-refractivity contribution in [1.29, 1.82) is 0 Å². The smallest absolute Gasteiger partial charge is 0.237 e. The van der Waals surface area contributed by atoms with Gasteiger partial charge in [-0.1, -0.05) is 18.7 Å². The Kier molecular flexibility index (Phi) is 5.40. The van der Waals surface area contributed by atoms with Crippen molar-refractivity contribution in [2.45, 2.75) is 31.2 Å². The minimum Gasteiger partial charge on any atom is -0.356 e. The van der Waals surface area contributed by atoms with Crippen LogP contribution in [0.2, 0.25) is 0 Å². The van der Waals surface area contributed by atoms with Crippen molar-refractivity contribution < 1.29 is 9.59 Å². The average molecular weight is 293 g/mol. The molecule has 1 aliphatic rings. The van der Waals surface area contributed by atoms with E-state index in [1.54, 1.807) is 11.1 Å². The van der Waals surface area contributed by atoms with Gasteiger partial charge in [0, 0.05) is 25.7 Å². The third-order valence-electron chi connectivity index (χ3n) is 3.03. The summed E-state index contributed by atoms with van der Waals surface area (Å²) in [5, 5.41) is 3.73. The van der Waals surface area contributed by atoms with Gasteiger partial charge in [-0.05, 0) is 25.0 Å². The van der Waals surface area contributed by atoms with Crippen LogP contribution in [0.4, 0.5) is 5.69 Å². The highest BCUT2D eigenvalue weighted by atomic mass is 32.2. The minimum absolute atomic E-state index is 0.0529. The highest BCUT2D eigenvalue weighted by Crippen LogP contribution is 2.33. The van der Waals surface area contributed by atoms with Crippen molar-refractivity contribution in [2.24, 2.45) is 0 Å². The van der Waals surface area contributed by atoms with Gasteiger partial charge in [-0.3, -0.25) is 9.59 Å². The Labute approximate surface area is 123 Å². The van der Waals surface area contributed by atoms with E-state index < -0.39 is 0 Å². The van der Waals surface area contributed by atoms with E-state index >= 15 is 0 Å². The summed E-state index contributed by atoms with van der Waals surface area (Å²) in [4.78, 5) is 29.5. The van der Waals surface area contributed by atoms with E-state index in [2.05, 4.69) is 10.3 Å². The number of amides is 2. The fraction of sp³-hybridized carbons (Fsp3) is 0.500. The molecule has 0 unspecified atom stereocenters. The summed E-state index contributed by atoms with van der Waals surface area (Å²) >= 11 is 1.47. The van der Waals surface area contributed by atoms with Crippen molar-refractivity contribution in [2.75, 3.05) is 23.7 Å². The largest absolute Gasteiger partial charge is 0.356 e. The van der Waals surface area contributed by atoms with E-state index in [-0.39, 0.29) is 11.8 Å². The molecule has 0 aromatic carbocycles. The molecular formula is C14H19N3O2S. The normalized spacial score (nSPS) is 14.1. The van der Waals surface area contributed by atoms with Gasteiger partial charge in [0.05, 0.1) is 11.4 Å². The number of anilines is 1. The first kappa shape index (κ1) is 14.8. The van der Waals surface area contributed by atoms with Crippen molar-refractivity contribution in [3.8, 4) is 0 Å². The predicted octanol–water partition coefficient (Wildman–Crippen LogP) is 1.83. The summed E-state index contributed by atoms with van der Waals surface area (Å²) in [5.74, 6) is 0.563. The van der Waals surface area contributed by atoms with Gasteiger partial charge in [0.1, 0.15) is 5.03 Å². The molecule has 2 heterocycles. The van der Waals surface area contributed by atoms with Crippen LogP contribution in [0.3, 0.4) is 0 Å². The summed E-state index contributed by atoms with van der Waals surface area (Å²) in [6, 6.07) is 3.74. The van der Waals surface area contributed by atoms with E-state index in [4.69, 9.17) is 0 Å². The molecule has 6 heteroatoms. The van der Waals surface area contributed by atoms with Gasteiger partial charge in [0.25, 0.3) is 0 Å². The summed E-state index contributed by atoms with van der Waals surface area (Å²) in [7, 11) is 0. The Morgan fingerprint density at radius 3 is 3.20 bits per heavy atom. The zero-order valence-corrected chi connectivity index (χ0v) is 12.4.